The fraction of sp³-hybridized carbons (Fsp3) is 0.615. The summed E-state index contributed by atoms with van der Waals surface area (Å²) in [6, 6.07) is 11.4. The Morgan fingerprint density at radius 1 is 0.833 bits per heavy atom. The first-order chi connectivity index (χ1) is 26.4. The van der Waals surface area contributed by atoms with Crippen molar-refractivity contribution in [2.45, 2.75) is 45.2 Å². The van der Waals surface area contributed by atoms with Crippen molar-refractivity contribution in [3.63, 3.8) is 0 Å². The molecule has 1 saturated heterocycles. The zero-order valence-corrected chi connectivity index (χ0v) is 32.8. The second-order valence-corrected chi connectivity index (χ2v) is 13.7. The number of aldehydes is 1. The third-order valence-corrected chi connectivity index (χ3v) is 9.06. The van der Waals surface area contributed by atoms with Crippen LogP contribution in [0.15, 0.2) is 48.3 Å². The van der Waals surface area contributed by atoms with Crippen LogP contribution in [0, 0.1) is 5.82 Å². The lowest BCUT2D eigenvalue weighted by Gasteiger charge is -2.27. The van der Waals surface area contributed by atoms with Crippen LogP contribution in [0.2, 0.25) is 5.02 Å². The van der Waals surface area contributed by atoms with E-state index in [4.69, 9.17) is 46.9 Å². The number of nitrogens with zero attached hydrogens (tertiary/aromatic N) is 3. The number of piperidine rings is 1. The number of nitrogens with one attached hydrogen (secondary N) is 2. The van der Waals surface area contributed by atoms with Crippen LogP contribution in [0.4, 0.5) is 4.39 Å². The normalized spacial score (nSPS) is 13.9. The van der Waals surface area contributed by atoms with Gasteiger partial charge in [0.15, 0.2) is 0 Å². The number of ether oxygens (including phenoxy) is 5. The lowest BCUT2D eigenvalue weighted by molar-refractivity contribution is -0.108. The molecule has 1 aliphatic heterocycles. The number of likely N-dealkylation sites (N-methyl/N-ethyl adjacent to an activating group) is 1. The summed E-state index contributed by atoms with van der Waals surface area (Å²) in [6.07, 6.45) is 7.59. The van der Waals surface area contributed by atoms with Gasteiger partial charge in [-0.1, -0.05) is 36.2 Å². The Morgan fingerprint density at radius 3 is 2.20 bits per heavy atom. The predicted octanol–water partition coefficient (Wildman–Crippen LogP) is 3.70. The van der Waals surface area contributed by atoms with Crippen LogP contribution in [0.25, 0.3) is 11.1 Å². The Labute approximate surface area is 326 Å². The first-order valence-electron chi connectivity index (χ1n) is 19.1. The standard InChI is InChI=1S/C39H63ClFN7O6/c1-46(15-19-51-23-24-53-25-26-54-32-37(42)31-48(43)16-20-52-22-21-50-18-6-17-49)12-5-11-44-45-29-35-8-7-33(34-9-10-38(40)39(41)28-34)27-36(35)30-47-13-3-2-4-14-47/h7-10,17,27-28,31,44-45H,2-6,11-16,18-26,29-30,32,42-43H2,1H3/b37-31-. The maximum absolute atomic E-state index is 14.2. The SMILES string of the molecule is CN(CCCNNCc1ccc(-c2ccc(Cl)c(F)c2)cc1CN1CCCCC1)CCOCCOCCOC/C(N)=C/N(N)CCOCCOCCC=O. The molecule has 0 saturated carbocycles. The van der Waals surface area contributed by atoms with Gasteiger partial charge < -0.3 is 44.1 Å². The fourth-order valence-electron chi connectivity index (χ4n) is 5.74. The monoisotopic (exact) mass is 779 g/mol. The van der Waals surface area contributed by atoms with E-state index in [1.165, 1.54) is 41.5 Å². The number of hydrazine groups is 2. The van der Waals surface area contributed by atoms with Crippen LogP contribution in [-0.2, 0) is 41.6 Å². The molecule has 1 heterocycles. The number of benzene rings is 2. The van der Waals surface area contributed by atoms with Gasteiger partial charge in [-0.2, -0.15) is 0 Å². The molecule has 0 atom stereocenters. The lowest BCUT2D eigenvalue weighted by Crippen LogP contribution is -2.35. The summed E-state index contributed by atoms with van der Waals surface area (Å²) in [5.74, 6) is 5.51. The molecule has 1 fully saturated rings. The van der Waals surface area contributed by atoms with Gasteiger partial charge >= 0.3 is 0 Å². The molecule has 2 aromatic carbocycles. The summed E-state index contributed by atoms with van der Waals surface area (Å²) in [4.78, 5) is 15.0. The molecular weight excluding hydrogens is 717 g/mol. The first kappa shape index (κ1) is 45.7. The van der Waals surface area contributed by atoms with Crippen molar-refractivity contribution in [3.8, 4) is 11.1 Å². The molecule has 6 N–H and O–H groups in total. The number of carbonyl (C=O) groups excluding carboxylic acids is 1. The van der Waals surface area contributed by atoms with Crippen molar-refractivity contribution in [1.82, 2.24) is 25.7 Å². The van der Waals surface area contributed by atoms with E-state index in [1.807, 2.05) is 6.07 Å². The molecule has 0 bridgehead atoms. The number of rotatable bonds is 31. The molecule has 304 valence electrons. The van der Waals surface area contributed by atoms with Gasteiger partial charge in [0, 0.05) is 38.8 Å². The van der Waals surface area contributed by atoms with Crippen LogP contribution in [0.3, 0.4) is 0 Å². The zero-order valence-electron chi connectivity index (χ0n) is 32.1. The van der Waals surface area contributed by atoms with Gasteiger partial charge in [-0.15, -0.1) is 0 Å². The minimum atomic E-state index is -0.399. The Morgan fingerprint density at radius 2 is 1.48 bits per heavy atom. The molecular formula is C39H63ClFN7O6. The highest BCUT2D eigenvalue weighted by Crippen LogP contribution is 2.27. The van der Waals surface area contributed by atoms with Crippen molar-refractivity contribution < 1.29 is 32.9 Å². The van der Waals surface area contributed by atoms with Crippen molar-refractivity contribution in [3.05, 3.63) is 70.3 Å². The van der Waals surface area contributed by atoms with E-state index in [0.717, 1.165) is 63.1 Å². The first-order valence-corrected chi connectivity index (χ1v) is 19.5. The van der Waals surface area contributed by atoms with Crippen molar-refractivity contribution in [1.29, 1.82) is 0 Å². The molecule has 0 amide bonds. The Balaban J connectivity index is 1.17. The summed E-state index contributed by atoms with van der Waals surface area (Å²) in [5, 5.41) is 1.59. The molecule has 13 nitrogen and oxygen atoms in total. The van der Waals surface area contributed by atoms with Crippen LogP contribution in [0.1, 0.15) is 43.2 Å². The highest BCUT2D eigenvalue weighted by Gasteiger charge is 2.14. The van der Waals surface area contributed by atoms with Crippen molar-refractivity contribution in [2.24, 2.45) is 11.6 Å². The Hall–Kier alpha value is -2.73. The highest BCUT2D eigenvalue weighted by atomic mass is 35.5. The molecule has 54 heavy (non-hydrogen) atoms. The van der Waals surface area contributed by atoms with Gasteiger partial charge in [-0.05, 0) is 86.4 Å². The average molecular weight is 780 g/mol. The van der Waals surface area contributed by atoms with Crippen LogP contribution < -0.4 is 22.4 Å². The Kier molecular flexibility index (Phi) is 24.2. The zero-order chi connectivity index (χ0) is 38.6. The van der Waals surface area contributed by atoms with Crippen molar-refractivity contribution >= 4 is 17.9 Å². The molecule has 0 spiro atoms. The number of likely N-dealkylation sites (tertiary alicyclic amines) is 1. The smallest absolute Gasteiger partial charge is 0.142 e. The molecule has 2 aromatic rings. The quantitative estimate of drug-likeness (QED) is 0.0382. The summed E-state index contributed by atoms with van der Waals surface area (Å²) >= 11 is 5.93. The summed E-state index contributed by atoms with van der Waals surface area (Å²) < 4.78 is 41.7. The fourth-order valence-corrected chi connectivity index (χ4v) is 5.86. The molecule has 1 aliphatic rings. The van der Waals surface area contributed by atoms with Crippen molar-refractivity contribution in [2.75, 3.05) is 112 Å². The molecule has 15 heteroatoms. The van der Waals surface area contributed by atoms with Gasteiger partial charge in [0.2, 0.25) is 0 Å². The topological polar surface area (TPSA) is 149 Å². The lowest BCUT2D eigenvalue weighted by atomic mass is 9.98. The summed E-state index contributed by atoms with van der Waals surface area (Å²) in [7, 11) is 2.10. The molecule has 0 radical (unpaired) electrons. The molecule has 0 aliphatic carbocycles. The maximum Gasteiger partial charge on any atom is 0.142 e. The number of hydrogen-bond donors (Lipinski definition) is 4. The second-order valence-electron chi connectivity index (χ2n) is 13.3. The van der Waals surface area contributed by atoms with Gasteiger partial charge in [-0.25, -0.2) is 10.2 Å². The minimum absolute atomic E-state index is 0.139. The highest BCUT2D eigenvalue weighted by molar-refractivity contribution is 6.30. The Bertz CT molecular complexity index is 1340. The molecule has 0 aromatic heterocycles. The largest absolute Gasteiger partial charge is 0.399 e. The van der Waals surface area contributed by atoms with Crippen LogP contribution >= 0.6 is 11.6 Å². The van der Waals surface area contributed by atoms with Gasteiger partial charge in [0.25, 0.3) is 0 Å². The minimum Gasteiger partial charge on any atom is -0.399 e. The molecule has 0 unspecified atom stereocenters. The third-order valence-electron chi connectivity index (χ3n) is 8.75. The van der Waals surface area contributed by atoms with E-state index in [9.17, 15) is 9.18 Å². The number of carbonyl (C=O) groups is 1. The summed E-state index contributed by atoms with van der Waals surface area (Å²) in [6.45, 7) is 11.4. The van der Waals surface area contributed by atoms with Crippen LogP contribution in [-0.4, -0.2) is 133 Å². The third kappa shape index (κ3) is 20.3. The van der Waals surface area contributed by atoms with Gasteiger partial charge in [0.1, 0.15) is 12.1 Å². The van der Waals surface area contributed by atoms with E-state index in [-0.39, 0.29) is 11.6 Å². The summed E-state index contributed by atoms with van der Waals surface area (Å²) in [5.41, 5.74) is 17.6. The van der Waals surface area contributed by atoms with Gasteiger partial charge in [0.05, 0.1) is 83.3 Å². The maximum atomic E-state index is 14.2. The van der Waals surface area contributed by atoms with E-state index < -0.39 is 5.82 Å². The number of hydrogen-bond acceptors (Lipinski definition) is 13. The van der Waals surface area contributed by atoms with Gasteiger partial charge in [-0.3, -0.25) is 15.8 Å². The predicted molar refractivity (Wildman–Crippen MR) is 211 cm³/mol. The molecule has 3 rings (SSSR count). The van der Waals surface area contributed by atoms with E-state index >= 15 is 0 Å². The average Bonchev–Trinajstić information content (AvgIpc) is 3.16. The number of halogens is 2. The van der Waals surface area contributed by atoms with E-state index in [2.05, 4.69) is 45.9 Å². The number of nitrogens with two attached hydrogens (primary N) is 2. The van der Waals surface area contributed by atoms with E-state index in [0.29, 0.717) is 84.7 Å². The van der Waals surface area contributed by atoms with E-state index in [1.54, 1.807) is 12.3 Å². The van der Waals surface area contributed by atoms with Crippen LogP contribution in [0.5, 0.6) is 0 Å². The second kappa shape index (κ2) is 28.6.